The lowest BCUT2D eigenvalue weighted by Crippen LogP contribution is -2.48. The van der Waals surface area contributed by atoms with Crippen LogP contribution in [-0.2, 0) is 16.0 Å². The van der Waals surface area contributed by atoms with Gasteiger partial charge in [-0.1, -0.05) is 55.3 Å². The van der Waals surface area contributed by atoms with Crippen LogP contribution in [0.1, 0.15) is 38.2 Å². The minimum atomic E-state index is -0.926. The van der Waals surface area contributed by atoms with Crippen molar-refractivity contribution >= 4 is 23.5 Å². The molecule has 1 spiro atoms. The van der Waals surface area contributed by atoms with Crippen LogP contribution in [0.4, 0.5) is 10.5 Å². The number of ether oxygens (including phenoxy) is 1. The first-order chi connectivity index (χ1) is 15.0. The Bertz CT molecular complexity index is 970. The molecule has 1 heterocycles. The van der Waals surface area contributed by atoms with Crippen LogP contribution >= 0.6 is 0 Å². The Morgan fingerprint density at radius 3 is 2.52 bits per heavy atom. The van der Waals surface area contributed by atoms with E-state index in [9.17, 15) is 14.4 Å². The maximum atomic E-state index is 12.9. The Morgan fingerprint density at radius 1 is 1.10 bits per heavy atom. The van der Waals surface area contributed by atoms with E-state index in [1.165, 1.54) is 0 Å². The molecule has 1 atom stereocenters. The molecule has 31 heavy (non-hydrogen) atoms. The number of nitrogens with zero attached hydrogens (tertiary/aromatic N) is 1. The molecule has 1 unspecified atom stereocenters. The lowest BCUT2D eigenvalue weighted by Gasteiger charge is -2.24. The molecular formula is C24H27N3O4. The summed E-state index contributed by atoms with van der Waals surface area (Å²) in [5.41, 5.74) is 0.844. The Hall–Kier alpha value is -3.35. The molecule has 2 N–H and O–H groups in total. The lowest BCUT2D eigenvalue weighted by atomic mass is 9.97. The zero-order valence-electron chi connectivity index (χ0n) is 17.6. The highest BCUT2D eigenvalue weighted by atomic mass is 16.5. The summed E-state index contributed by atoms with van der Waals surface area (Å²) in [5.74, 6) is -0.189. The maximum absolute atomic E-state index is 12.9. The predicted octanol–water partition coefficient (Wildman–Crippen LogP) is 3.50. The number of rotatable bonds is 7. The molecule has 1 saturated carbocycles. The fourth-order valence-electron chi connectivity index (χ4n) is 4.28. The second kappa shape index (κ2) is 8.79. The molecule has 1 aliphatic heterocycles. The summed E-state index contributed by atoms with van der Waals surface area (Å²) in [6, 6.07) is 15.7. The van der Waals surface area contributed by atoms with E-state index in [0.717, 1.165) is 29.7 Å². The third kappa shape index (κ3) is 4.26. The predicted molar refractivity (Wildman–Crippen MR) is 117 cm³/mol. The van der Waals surface area contributed by atoms with Crippen molar-refractivity contribution in [3.63, 3.8) is 0 Å². The number of urea groups is 1. The number of anilines is 1. The third-order valence-corrected chi connectivity index (χ3v) is 6.05. The van der Waals surface area contributed by atoms with Crippen molar-refractivity contribution < 1.29 is 19.1 Å². The minimum absolute atomic E-state index is 0.301. The van der Waals surface area contributed by atoms with Crippen molar-refractivity contribution in [3.05, 3.63) is 60.2 Å². The van der Waals surface area contributed by atoms with Crippen molar-refractivity contribution in [2.45, 2.75) is 50.6 Å². The van der Waals surface area contributed by atoms with Gasteiger partial charge in [-0.2, -0.15) is 0 Å². The van der Waals surface area contributed by atoms with Crippen molar-refractivity contribution in [3.8, 4) is 5.75 Å². The summed E-state index contributed by atoms with van der Waals surface area (Å²) in [7, 11) is 0. The number of imide groups is 1. The second-order valence-corrected chi connectivity index (χ2v) is 8.14. The van der Waals surface area contributed by atoms with Gasteiger partial charge in [0.2, 0.25) is 5.91 Å². The van der Waals surface area contributed by atoms with Gasteiger partial charge in [-0.05, 0) is 37.5 Å². The summed E-state index contributed by atoms with van der Waals surface area (Å²) in [6.45, 7) is 2.03. The van der Waals surface area contributed by atoms with E-state index in [1.54, 1.807) is 25.1 Å². The van der Waals surface area contributed by atoms with E-state index in [0.29, 0.717) is 30.9 Å². The van der Waals surface area contributed by atoms with Gasteiger partial charge in [0.1, 0.15) is 17.3 Å². The van der Waals surface area contributed by atoms with Gasteiger partial charge in [-0.3, -0.25) is 9.59 Å². The monoisotopic (exact) mass is 421 g/mol. The zero-order chi connectivity index (χ0) is 21.8. The van der Waals surface area contributed by atoms with E-state index in [2.05, 4.69) is 10.6 Å². The average molecular weight is 421 g/mol. The summed E-state index contributed by atoms with van der Waals surface area (Å²) in [4.78, 5) is 39.4. The van der Waals surface area contributed by atoms with Crippen LogP contribution in [0.2, 0.25) is 0 Å². The standard InChI is InChI=1S/C24H27N3O4/c1-17(27-22(29)24(26-23(27)30)14-7-8-15-24)21(28)25-19-11-5-6-12-20(19)31-16-13-18-9-3-2-4-10-18/h2-6,9-12,17H,7-8,13-16H2,1H3,(H,25,28)(H,26,30). The van der Waals surface area contributed by atoms with Crippen molar-refractivity contribution in [2.75, 3.05) is 11.9 Å². The smallest absolute Gasteiger partial charge is 0.325 e. The number of carbonyl (C=O) groups is 3. The molecule has 2 aromatic rings. The first kappa shape index (κ1) is 20.9. The van der Waals surface area contributed by atoms with E-state index >= 15 is 0 Å². The van der Waals surface area contributed by atoms with Crippen LogP contribution in [0.15, 0.2) is 54.6 Å². The van der Waals surface area contributed by atoms with Gasteiger partial charge >= 0.3 is 6.03 Å². The summed E-state index contributed by atoms with van der Waals surface area (Å²) < 4.78 is 5.89. The van der Waals surface area contributed by atoms with Crippen molar-refractivity contribution in [2.24, 2.45) is 0 Å². The lowest BCUT2D eigenvalue weighted by molar-refractivity contribution is -0.136. The normalized spacial score (nSPS) is 18.2. The first-order valence-electron chi connectivity index (χ1n) is 10.7. The number of para-hydroxylation sites is 2. The SMILES string of the molecule is CC(C(=O)Nc1ccccc1OCCc1ccccc1)N1C(=O)NC2(CCCC2)C1=O. The number of hydrogen-bond donors (Lipinski definition) is 2. The molecule has 7 nitrogen and oxygen atoms in total. The first-order valence-corrected chi connectivity index (χ1v) is 10.7. The molecular weight excluding hydrogens is 394 g/mol. The third-order valence-electron chi connectivity index (χ3n) is 6.05. The van der Waals surface area contributed by atoms with Crippen LogP contribution < -0.4 is 15.4 Å². The van der Waals surface area contributed by atoms with E-state index in [4.69, 9.17) is 4.74 Å². The number of amides is 4. The zero-order valence-corrected chi connectivity index (χ0v) is 17.6. The molecule has 4 rings (SSSR count). The molecule has 0 bridgehead atoms. The Morgan fingerprint density at radius 2 is 1.77 bits per heavy atom. The molecule has 0 aromatic heterocycles. The van der Waals surface area contributed by atoms with Crippen LogP contribution in [0.3, 0.4) is 0 Å². The van der Waals surface area contributed by atoms with E-state index in [-0.39, 0.29) is 5.91 Å². The van der Waals surface area contributed by atoms with Gasteiger partial charge in [0.25, 0.3) is 5.91 Å². The molecule has 2 aromatic carbocycles. The van der Waals surface area contributed by atoms with Crippen LogP contribution in [0.5, 0.6) is 5.75 Å². The number of hydrogen-bond acceptors (Lipinski definition) is 4. The molecule has 4 amide bonds. The molecule has 1 saturated heterocycles. The van der Waals surface area contributed by atoms with Crippen molar-refractivity contribution in [1.29, 1.82) is 0 Å². The van der Waals surface area contributed by atoms with Gasteiger partial charge < -0.3 is 15.4 Å². The van der Waals surface area contributed by atoms with Gasteiger partial charge in [0.15, 0.2) is 0 Å². The van der Waals surface area contributed by atoms with Gasteiger partial charge in [0.05, 0.1) is 12.3 Å². The number of benzene rings is 2. The van der Waals surface area contributed by atoms with Crippen LogP contribution in [0, 0.1) is 0 Å². The molecule has 1 aliphatic carbocycles. The molecule has 7 heteroatoms. The fourth-order valence-corrected chi connectivity index (χ4v) is 4.28. The number of nitrogens with one attached hydrogen (secondary N) is 2. The number of carbonyl (C=O) groups excluding carboxylic acids is 3. The topological polar surface area (TPSA) is 87.7 Å². The fraction of sp³-hybridized carbons (Fsp3) is 0.375. The summed E-state index contributed by atoms with van der Waals surface area (Å²) in [6.07, 6.45) is 3.79. The highest BCUT2D eigenvalue weighted by Crippen LogP contribution is 2.36. The Kier molecular flexibility index (Phi) is 5.93. The minimum Gasteiger partial charge on any atom is -0.491 e. The highest BCUT2D eigenvalue weighted by molar-refractivity contribution is 6.11. The van der Waals surface area contributed by atoms with E-state index < -0.39 is 23.5 Å². The van der Waals surface area contributed by atoms with Gasteiger partial charge in [-0.25, -0.2) is 9.69 Å². The van der Waals surface area contributed by atoms with Gasteiger partial charge in [0, 0.05) is 6.42 Å². The second-order valence-electron chi connectivity index (χ2n) is 8.14. The Balaban J connectivity index is 1.40. The maximum Gasteiger partial charge on any atom is 0.325 e. The largest absolute Gasteiger partial charge is 0.491 e. The van der Waals surface area contributed by atoms with Gasteiger partial charge in [-0.15, -0.1) is 0 Å². The average Bonchev–Trinajstić information content (AvgIpc) is 3.34. The highest BCUT2D eigenvalue weighted by Gasteiger charge is 2.54. The molecule has 0 radical (unpaired) electrons. The van der Waals surface area contributed by atoms with E-state index in [1.807, 2.05) is 36.4 Å². The summed E-state index contributed by atoms with van der Waals surface area (Å²) >= 11 is 0. The van der Waals surface area contributed by atoms with Crippen LogP contribution in [0.25, 0.3) is 0 Å². The van der Waals surface area contributed by atoms with Crippen molar-refractivity contribution in [1.82, 2.24) is 10.2 Å². The molecule has 2 fully saturated rings. The molecule has 162 valence electrons. The van der Waals surface area contributed by atoms with Crippen LogP contribution in [-0.4, -0.2) is 40.9 Å². The summed E-state index contributed by atoms with van der Waals surface area (Å²) in [5, 5.41) is 5.63. The Labute approximate surface area is 181 Å². The quantitative estimate of drug-likeness (QED) is 0.670. The molecule has 2 aliphatic rings.